The topological polar surface area (TPSA) is 55.4 Å². The molecule has 0 unspecified atom stereocenters. The van der Waals surface area contributed by atoms with Crippen molar-refractivity contribution < 1.29 is 13.2 Å². The molecular formula is C16H17NO3S. The lowest BCUT2D eigenvalue weighted by molar-refractivity contribution is 0.263. The van der Waals surface area contributed by atoms with Crippen molar-refractivity contribution in [2.75, 3.05) is 6.61 Å². The second-order valence-corrected chi connectivity index (χ2v) is 6.88. The summed E-state index contributed by atoms with van der Waals surface area (Å²) < 4.78 is 33.3. The van der Waals surface area contributed by atoms with Crippen LogP contribution < -0.4 is 9.46 Å². The number of aryl methyl sites for hydroxylation is 1. The Balaban J connectivity index is 1.88. The van der Waals surface area contributed by atoms with Crippen molar-refractivity contribution in [2.45, 2.75) is 24.3 Å². The van der Waals surface area contributed by atoms with Gasteiger partial charge in [-0.15, -0.1) is 0 Å². The average Bonchev–Trinajstić information content (AvgIpc) is 2.48. The maximum atomic E-state index is 12.5. The fourth-order valence-electron chi connectivity index (χ4n) is 2.44. The molecule has 0 radical (unpaired) electrons. The molecule has 2 aromatic rings. The van der Waals surface area contributed by atoms with Gasteiger partial charge in [-0.05, 0) is 25.1 Å². The Morgan fingerprint density at radius 1 is 1.10 bits per heavy atom. The van der Waals surface area contributed by atoms with Crippen LogP contribution in [0.4, 0.5) is 0 Å². The van der Waals surface area contributed by atoms with Crippen LogP contribution in [0.15, 0.2) is 53.4 Å². The zero-order chi connectivity index (χ0) is 14.9. The zero-order valence-electron chi connectivity index (χ0n) is 11.7. The predicted octanol–water partition coefficient (Wildman–Crippen LogP) is 2.80. The monoisotopic (exact) mass is 303 g/mol. The Hall–Kier alpha value is -1.85. The number of para-hydroxylation sites is 1. The average molecular weight is 303 g/mol. The lowest BCUT2D eigenvalue weighted by atomic mass is 10.0. The largest absolute Gasteiger partial charge is 0.493 e. The summed E-state index contributed by atoms with van der Waals surface area (Å²) in [5.41, 5.74) is 1.92. The summed E-state index contributed by atoms with van der Waals surface area (Å²) in [6, 6.07) is 14.1. The number of ether oxygens (including phenoxy) is 1. The molecule has 4 nitrogen and oxygen atoms in total. The Kier molecular flexibility index (Phi) is 3.69. The second kappa shape index (κ2) is 5.50. The van der Waals surface area contributed by atoms with Crippen LogP contribution in [0.1, 0.15) is 23.6 Å². The molecule has 110 valence electrons. The molecule has 0 spiro atoms. The fraction of sp³-hybridized carbons (Fsp3) is 0.250. The van der Waals surface area contributed by atoms with Crippen molar-refractivity contribution in [3.8, 4) is 5.75 Å². The van der Waals surface area contributed by atoms with E-state index < -0.39 is 10.0 Å². The standard InChI is InChI=1S/C16H17NO3S/c1-12-6-8-13(9-7-12)21(18,19)17-15-10-11-20-16-5-3-2-4-14(15)16/h2-9,15,17H,10-11H2,1H3/t15-/m0/s1. The molecule has 0 aliphatic carbocycles. The van der Waals surface area contributed by atoms with Gasteiger partial charge in [0.05, 0.1) is 17.5 Å². The minimum absolute atomic E-state index is 0.249. The summed E-state index contributed by atoms with van der Waals surface area (Å²) in [6.07, 6.45) is 0.627. The van der Waals surface area contributed by atoms with E-state index in [0.717, 1.165) is 16.9 Å². The molecule has 0 amide bonds. The minimum atomic E-state index is -3.52. The van der Waals surface area contributed by atoms with Crippen molar-refractivity contribution >= 4 is 10.0 Å². The van der Waals surface area contributed by atoms with E-state index >= 15 is 0 Å². The van der Waals surface area contributed by atoms with E-state index in [1.807, 2.05) is 31.2 Å². The highest BCUT2D eigenvalue weighted by Gasteiger charge is 2.26. The van der Waals surface area contributed by atoms with Crippen molar-refractivity contribution in [3.05, 3.63) is 59.7 Å². The summed E-state index contributed by atoms with van der Waals surface area (Å²) in [5.74, 6) is 0.750. The molecule has 5 heteroatoms. The van der Waals surface area contributed by atoms with Crippen LogP contribution in [0.2, 0.25) is 0 Å². The molecule has 0 bridgehead atoms. The second-order valence-electron chi connectivity index (χ2n) is 5.16. The van der Waals surface area contributed by atoms with Gasteiger partial charge in [-0.1, -0.05) is 35.9 Å². The van der Waals surface area contributed by atoms with Gasteiger partial charge in [0.15, 0.2) is 0 Å². The molecular weight excluding hydrogens is 286 g/mol. The number of nitrogens with one attached hydrogen (secondary N) is 1. The summed E-state index contributed by atoms with van der Waals surface area (Å²) in [6.45, 7) is 2.44. The van der Waals surface area contributed by atoms with Gasteiger partial charge in [-0.3, -0.25) is 0 Å². The number of hydrogen-bond acceptors (Lipinski definition) is 3. The summed E-state index contributed by atoms with van der Waals surface area (Å²) in [7, 11) is -3.52. The van der Waals surface area contributed by atoms with Gasteiger partial charge in [0, 0.05) is 12.0 Å². The van der Waals surface area contributed by atoms with Gasteiger partial charge in [0.25, 0.3) is 0 Å². The van der Waals surface area contributed by atoms with E-state index in [9.17, 15) is 8.42 Å². The molecule has 1 heterocycles. The van der Waals surface area contributed by atoms with Crippen LogP contribution in [0.25, 0.3) is 0 Å². The van der Waals surface area contributed by atoms with Gasteiger partial charge in [0.1, 0.15) is 5.75 Å². The summed E-state index contributed by atoms with van der Waals surface area (Å²) in [5, 5.41) is 0. The van der Waals surface area contributed by atoms with Gasteiger partial charge in [-0.25, -0.2) is 13.1 Å². The molecule has 1 aliphatic heterocycles. The Bertz CT molecular complexity index is 738. The number of fused-ring (bicyclic) bond motifs is 1. The van der Waals surface area contributed by atoms with Crippen LogP contribution in [0, 0.1) is 6.92 Å². The first kappa shape index (κ1) is 14.1. The van der Waals surface area contributed by atoms with E-state index in [1.165, 1.54) is 0 Å². The highest BCUT2D eigenvalue weighted by atomic mass is 32.2. The van der Waals surface area contributed by atoms with Gasteiger partial charge >= 0.3 is 0 Å². The fourth-order valence-corrected chi connectivity index (χ4v) is 3.69. The van der Waals surface area contributed by atoms with Crippen LogP contribution >= 0.6 is 0 Å². The first-order valence-corrected chi connectivity index (χ1v) is 8.35. The van der Waals surface area contributed by atoms with Crippen LogP contribution in [0.5, 0.6) is 5.75 Å². The zero-order valence-corrected chi connectivity index (χ0v) is 12.6. The summed E-state index contributed by atoms with van der Waals surface area (Å²) in [4.78, 5) is 0.289. The third-order valence-electron chi connectivity index (χ3n) is 3.59. The molecule has 3 rings (SSSR count). The molecule has 1 aliphatic rings. The highest BCUT2D eigenvalue weighted by Crippen LogP contribution is 2.32. The maximum Gasteiger partial charge on any atom is 0.241 e. The SMILES string of the molecule is Cc1ccc(S(=O)(=O)N[C@H]2CCOc3ccccc32)cc1. The quantitative estimate of drug-likeness (QED) is 0.948. The normalized spacial score (nSPS) is 17.9. The van der Waals surface area contributed by atoms with E-state index in [-0.39, 0.29) is 10.9 Å². The number of benzene rings is 2. The van der Waals surface area contributed by atoms with Gasteiger partial charge in [-0.2, -0.15) is 0 Å². The third-order valence-corrected chi connectivity index (χ3v) is 5.07. The lowest BCUT2D eigenvalue weighted by Gasteiger charge is -2.26. The van der Waals surface area contributed by atoms with E-state index in [4.69, 9.17) is 4.74 Å². The van der Waals surface area contributed by atoms with Crippen molar-refractivity contribution in [1.29, 1.82) is 0 Å². The van der Waals surface area contributed by atoms with E-state index in [1.54, 1.807) is 24.3 Å². The van der Waals surface area contributed by atoms with Crippen LogP contribution in [-0.4, -0.2) is 15.0 Å². The number of rotatable bonds is 3. The number of hydrogen-bond donors (Lipinski definition) is 1. The summed E-state index contributed by atoms with van der Waals surface area (Å²) >= 11 is 0. The molecule has 0 aromatic heterocycles. The van der Waals surface area contributed by atoms with E-state index in [0.29, 0.717) is 13.0 Å². The first-order valence-electron chi connectivity index (χ1n) is 6.87. The van der Waals surface area contributed by atoms with Gasteiger partial charge in [0.2, 0.25) is 10.0 Å². The van der Waals surface area contributed by atoms with Crippen molar-refractivity contribution in [3.63, 3.8) is 0 Å². The molecule has 0 saturated carbocycles. The Labute approximate surface area is 124 Å². The Morgan fingerprint density at radius 2 is 1.81 bits per heavy atom. The predicted molar refractivity (Wildman–Crippen MR) is 80.8 cm³/mol. The van der Waals surface area contributed by atoms with Crippen LogP contribution in [0.3, 0.4) is 0 Å². The Morgan fingerprint density at radius 3 is 2.57 bits per heavy atom. The molecule has 0 saturated heterocycles. The first-order chi connectivity index (χ1) is 10.1. The van der Waals surface area contributed by atoms with Crippen LogP contribution in [-0.2, 0) is 10.0 Å². The molecule has 1 N–H and O–H groups in total. The molecule has 21 heavy (non-hydrogen) atoms. The lowest BCUT2D eigenvalue weighted by Crippen LogP contribution is -2.32. The van der Waals surface area contributed by atoms with E-state index in [2.05, 4.69) is 4.72 Å². The number of sulfonamides is 1. The molecule has 1 atom stereocenters. The molecule has 0 fully saturated rings. The van der Waals surface area contributed by atoms with Crippen molar-refractivity contribution in [1.82, 2.24) is 4.72 Å². The minimum Gasteiger partial charge on any atom is -0.493 e. The highest BCUT2D eigenvalue weighted by molar-refractivity contribution is 7.89. The van der Waals surface area contributed by atoms with Gasteiger partial charge < -0.3 is 4.74 Å². The van der Waals surface area contributed by atoms with Crippen molar-refractivity contribution in [2.24, 2.45) is 0 Å². The third kappa shape index (κ3) is 2.94. The maximum absolute atomic E-state index is 12.5. The smallest absolute Gasteiger partial charge is 0.241 e. The molecule has 2 aromatic carbocycles.